The lowest BCUT2D eigenvalue weighted by Gasteiger charge is -2.16. The van der Waals surface area contributed by atoms with Crippen molar-refractivity contribution in [1.29, 1.82) is 0 Å². The number of ether oxygens (including phenoxy) is 2. The molecule has 0 N–H and O–H groups in total. The summed E-state index contributed by atoms with van der Waals surface area (Å²) in [7, 11) is 0. The Labute approximate surface area is 167 Å². The van der Waals surface area contributed by atoms with Crippen LogP contribution in [0, 0.1) is 0 Å². The van der Waals surface area contributed by atoms with Crippen molar-refractivity contribution < 1.29 is 19.1 Å². The Balaban J connectivity index is 1.88. The molecule has 0 heterocycles. The number of rotatable bonds is 7. The van der Waals surface area contributed by atoms with Crippen LogP contribution in [0.1, 0.15) is 37.9 Å². The zero-order chi connectivity index (χ0) is 19.1. The van der Waals surface area contributed by atoms with E-state index in [1.54, 1.807) is 0 Å². The van der Waals surface area contributed by atoms with Crippen LogP contribution in [0.25, 0.3) is 0 Å². The fourth-order valence-corrected chi connectivity index (χ4v) is 3.16. The Bertz CT molecular complexity index is 755. The van der Waals surface area contributed by atoms with E-state index in [-0.39, 0.29) is 34.7 Å². The topological polar surface area (TPSA) is 52.6 Å². The normalized spacial score (nSPS) is 11.7. The van der Waals surface area contributed by atoms with Crippen molar-refractivity contribution in [3.63, 3.8) is 0 Å². The number of halogens is 3. The summed E-state index contributed by atoms with van der Waals surface area (Å²) in [5.41, 5.74) is 0.908. The molecule has 0 bridgehead atoms. The van der Waals surface area contributed by atoms with Crippen LogP contribution in [0.15, 0.2) is 42.5 Å². The Morgan fingerprint density at radius 1 is 0.962 bits per heavy atom. The predicted molar refractivity (Wildman–Crippen MR) is 102 cm³/mol. The number of benzene rings is 2. The van der Waals surface area contributed by atoms with E-state index in [0.29, 0.717) is 11.4 Å². The second kappa shape index (κ2) is 9.81. The molecular formula is C19H17Cl3O4. The quantitative estimate of drug-likeness (QED) is 0.409. The van der Waals surface area contributed by atoms with Crippen LogP contribution >= 0.6 is 34.8 Å². The number of hydrogen-bond acceptors (Lipinski definition) is 4. The van der Waals surface area contributed by atoms with Gasteiger partial charge in [-0.3, -0.25) is 9.59 Å². The monoisotopic (exact) mass is 414 g/mol. The first-order valence-corrected chi connectivity index (χ1v) is 9.13. The maximum atomic E-state index is 12.0. The van der Waals surface area contributed by atoms with Gasteiger partial charge in [0.25, 0.3) is 0 Å². The fraction of sp³-hybridized carbons (Fsp3) is 0.263. The summed E-state index contributed by atoms with van der Waals surface area (Å²) in [5.74, 6) is -1.10. The van der Waals surface area contributed by atoms with E-state index in [9.17, 15) is 9.59 Å². The summed E-state index contributed by atoms with van der Waals surface area (Å²) in [6, 6.07) is 12.3. The van der Waals surface area contributed by atoms with Gasteiger partial charge >= 0.3 is 11.9 Å². The van der Waals surface area contributed by atoms with Crippen LogP contribution in [-0.2, 0) is 14.3 Å². The maximum Gasteiger partial charge on any atom is 0.311 e. The molecule has 7 heteroatoms. The summed E-state index contributed by atoms with van der Waals surface area (Å²) < 4.78 is 10.6. The van der Waals surface area contributed by atoms with E-state index in [1.807, 2.05) is 37.3 Å². The first-order chi connectivity index (χ1) is 12.4. The maximum absolute atomic E-state index is 12.0. The van der Waals surface area contributed by atoms with E-state index >= 15 is 0 Å². The molecule has 26 heavy (non-hydrogen) atoms. The van der Waals surface area contributed by atoms with Crippen molar-refractivity contribution >= 4 is 46.7 Å². The van der Waals surface area contributed by atoms with Crippen molar-refractivity contribution in [3.8, 4) is 5.75 Å². The molecule has 0 aliphatic carbocycles. The van der Waals surface area contributed by atoms with Gasteiger partial charge in [-0.2, -0.15) is 0 Å². The van der Waals surface area contributed by atoms with Gasteiger partial charge in [-0.1, -0.05) is 72.1 Å². The van der Waals surface area contributed by atoms with E-state index in [0.717, 1.165) is 5.56 Å². The van der Waals surface area contributed by atoms with Crippen molar-refractivity contribution in [2.24, 2.45) is 0 Å². The number of esters is 2. The lowest BCUT2D eigenvalue weighted by Crippen LogP contribution is -2.15. The second-order valence-electron chi connectivity index (χ2n) is 5.47. The number of hydrogen-bond donors (Lipinski definition) is 0. The van der Waals surface area contributed by atoms with E-state index in [4.69, 9.17) is 44.3 Å². The largest absolute Gasteiger partial charge is 0.457 e. The molecule has 0 aliphatic heterocycles. The fourth-order valence-electron chi connectivity index (χ4n) is 2.27. The lowest BCUT2D eigenvalue weighted by molar-refractivity contribution is -0.152. The van der Waals surface area contributed by atoms with Crippen LogP contribution < -0.4 is 4.74 Å². The zero-order valence-corrected chi connectivity index (χ0v) is 16.3. The van der Waals surface area contributed by atoms with Gasteiger partial charge in [-0.25, -0.2) is 0 Å². The van der Waals surface area contributed by atoms with E-state index in [1.165, 1.54) is 12.1 Å². The molecule has 0 radical (unpaired) electrons. The molecule has 2 rings (SSSR count). The molecule has 138 valence electrons. The third-order valence-corrected chi connectivity index (χ3v) is 4.31. The molecule has 1 unspecified atom stereocenters. The highest BCUT2D eigenvalue weighted by Gasteiger charge is 2.18. The summed E-state index contributed by atoms with van der Waals surface area (Å²) >= 11 is 17.7. The first-order valence-electron chi connectivity index (χ1n) is 8.00. The Morgan fingerprint density at radius 3 is 2.12 bits per heavy atom. The van der Waals surface area contributed by atoms with Crippen molar-refractivity contribution in [1.82, 2.24) is 0 Å². The smallest absolute Gasteiger partial charge is 0.311 e. The van der Waals surface area contributed by atoms with Crippen molar-refractivity contribution in [2.45, 2.75) is 32.3 Å². The Hall–Kier alpha value is -1.75. The molecule has 0 spiro atoms. The SMILES string of the molecule is CCC(OC(=O)CCC(=O)Oc1c(Cl)cc(Cl)cc1Cl)c1ccccc1. The predicted octanol–water partition coefficient (Wildman–Crippen LogP) is 6.03. The highest BCUT2D eigenvalue weighted by Crippen LogP contribution is 2.36. The average molecular weight is 416 g/mol. The van der Waals surface area contributed by atoms with Gasteiger partial charge in [0.2, 0.25) is 0 Å². The molecule has 1 atom stereocenters. The number of carbonyl (C=O) groups is 2. The zero-order valence-electron chi connectivity index (χ0n) is 14.0. The summed E-state index contributed by atoms with van der Waals surface area (Å²) in [5, 5.41) is 0.567. The lowest BCUT2D eigenvalue weighted by atomic mass is 10.1. The third kappa shape index (κ3) is 5.90. The van der Waals surface area contributed by atoms with Crippen LogP contribution in [0.2, 0.25) is 15.1 Å². The van der Waals surface area contributed by atoms with Gasteiger partial charge in [-0.05, 0) is 24.1 Å². The summed E-state index contributed by atoms with van der Waals surface area (Å²) in [4.78, 5) is 24.0. The third-order valence-electron chi connectivity index (χ3n) is 3.53. The van der Waals surface area contributed by atoms with Gasteiger partial charge < -0.3 is 9.47 Å². The molecule has 2 aromatic carbocycles. The highest BCUT2D eigenvalue weighted by molar-refractivity contribution is 6.40. The number of carbonyl (C=O) groups excluding carboxylic acids is 2. The molecule has 0 saturated heterocycles. The molecule has 0 aliphatic rings. The van der Waals surface area contributed by atoms with E-state index in [2.05, 4.69) is 0 Å². The Kier molecular flexibility index (Phi) is 7.76. The van der Waals surface area contributed by atoms with Crippen molar-refractivity contribution in [3.05, 3.63) is 63.1 Å². The minimum Gasteiger partial charge on any atom is -0.457 e. The van der Waals surface area contributed by atoms with Crippen LogP contribution in [-0.4, -0.2) is 11.9 Å². The van der Waals surface area contributed by atoms with Gasteiger partial charge in [0.15, 0.2) is 5.75 Å². The average Bonchev–Trinajstić information content (AvgIpc) is 2.61. The standard InChI is InChI=1S/C19H17Cl3O4/c1-2-16(12-6-4-3-5-7-12)25-17(23)8-9-18(24)26-19-14(21)10-13(20)11-15(19)22/h3-7,10-11,16H,2,8-9H2,1H3. The van der Waals surface area contributed by atoms with Gasteiger partial charge in [-0.15, -0.1) is 0 Å². The molecular weight excluding hydrogens is 399 g/mol. The van der Waals surface area contributed by atoms with Crippen molar-refractivity contribution in [2.75, 3.05) is 0 Å². The molecule has 0 fully saturated rings. The van der Waals surface area contributed by atoms with E-state index < -0.39 is 11.9 Å². The molecule has 0 aromatic heterocycles. The first kappa shape index (κ1) is 20.6. The minimum atomic E-state index is -0.638. The summed E-state index contributed by atoms with van der Waals surface area (Å²) in [6.45, 7) is 1.92. The molecule has 0 saturated carbocycles. The minimum absolute atomic E-state index is 0.0202. The van der Waals surface area contributed by atoms with Gasteiger partial charge in [0, 0.05) is 5.02 Å². The van der Waals surface area contributed by atoms with Crippen LogP contribution in [0.5, 0.6) is 5.75 Å². The summed E-state index contributed by atoms with van der Waals surface area (Å²) in [6.07, 6.45) is 0.0282. The molecule has 4 nitrogen and oxygen atoms in total. The molecule has 0 amide bonds. The van der Waals surface area contributed by atoms with Crippen LogP contribution in [0.3, 0.4) is 0 Å². The highest BCUT2D eigenvalue weighted by atomic mass is 35.5. The molecule has 2 aromatic rings. The van der Waals surface area contributed by atoms with Gasteiger partial charge in [0.1, 0.15) is 6.10 Å². The second-order valence-corrected chi connectivity index (χ2v) is 6.72. The van der Waals surface area contributed by atoms with Crippen LogP contribution in [0.4, 0.5) is 0 Å². The van der Waals surface area contributed by atoms with Gasteiger partial charge in [0.05, 0.1) is 22.9 Å². The Morgan fingerprint density at radius 2 is 1.54 bits per heavy atom.